The summed E-state index contributed by atoms with van der Waals surface area (Å²) in [5.41, 5.74) is -5.29. The Morgan fingerprint density at radius 3 is 1.86 bits per heavy atom. The van der Waals surface area contributed by atoms with Gasteiger partial charge in [-0.05, 0) is 45.0 Å². The SMILES string of the molecule is C[Si](C)(C)OC1=CCCCC1C(F)(C(F)(F)F)C(F)(F)F. The molecule has 0 N–H and O–H groups in total. The van der Waals surface area contributed by atoms with Crippen LogP contribution in [0.3, 0.4) is 0 Å². The lowest BCUT2D eigenvalue weighted by molar-refractivity contribution is -0.357. The number of halogens is 7. The highest BCUT2D eigenvalue weighted by Gasteiger charge is 2.76. The third-order valence-electron chi connectivity index (χ3n) is 3.12. The third-order valence-corrected chi connectivity index (χ3v) is 3.96. The number of allylic oxidation sites excluding steroid dienone is 2. The molecular formula is C12H17F7OSi. The van der Waals surface area contributed by atoms with Crippen molar-refractivity contribution in [2.24, 2.45) is 5.92 Å². The minimum Gasteiger partial charge on any atom is -0.547 e. The first-order valence-corrected chi connectivity index (χ1v) is 9.82. The van der Waals surface area contributed by atoms with Crippen LogP contribution in [0.2, 0.25) is 19.6 Å². The zero-order valence-corrected chi connectivity index (χ0v) is 12.8. The van der Waals surface area contributed by atoms with E-state index in [-0.39, 0.29) is 12.8 Å². The van der Waals surface area contributed by atoms with Gasteiger partial charge in [0.25, 0.3) is 0 Å². The topological polar surface area (TPSA) is 9.23 Å². The van der Waals surface area contributed by atoms with Crippen LogP contribution in [-0.2, 0) is 4.43 Å². The Balaban J connectivity index is 3.30. The number of hydrogen-bond acceptors (Lipinski definition) is 1. The van der Waals surface area contributed by atoms with Crippen molar-refractivity contribution in [3.05, 3.63) is 11.8 Å². The summed E-state index contributed by atoms with van der Waals surface area (Å²) in [5.74, 6) is -2.89. The Bertz CT molecular complexity index is 391. The summed E-state index contributed by atoms with van der Waals surface area (Å²) in [6.45, 7) is 4.84. The van der Waals surface area contributed by atoms with Crippen LogP contribution in [0.25, 0.3) is 0 Å². The van der Waals surface area contributed by atoms with E-state index in [9.17, 15) is 30.7 Å². The predicted molar refractivity (Wildman–Crippen MR) is 65.8 cm³/mol. The molecule has 0 amide bonds. The standard InChI is InChI=1S/C12H17F7OSi/c1-21(2,3)20-9-7-5-4-6-8(9)10(13,11(14,15)16)12(17,18)19/h7-8H,4-6H2,1-3H3. The Hall–Kier alpha value is -0.733. The molecule has 0 saturated heterocycles. The maximum atomic E-state index is 14.2. The van der Waals surface area contributed by atoms with Crippen molar-refractivity contribution in [2.45, 2.75) is 56.9 Å². The molecule has 0 aromatic carbocycles. The molecule has 1 unspecified atom stereocenters. The number of rotatable bonds is 3. The Labute approximate surface area is 119 Å². The summed E-state index contributed by atoms with van der Waals surface area (Å²) in [6.07, 6.45) is -11.2. The molecule has 0 saturated carbocycles. The highest BCUT2D eigenvalue weighted by atomic mass is 28.4. The second-order valence-electron chi connectivity index (χ2n) is 6.01. The van der Waals surface area contributed by atoms with Crippen molar-refractivity contribution in [1.29, 1.82) is 0 Å². The van der Waals surface area contributed by atoms with Gasteiger partial charge in [-0.3, -0.25) is 0 Å². The van der Waals surface area contributed by atoms with E-state index in [2.05, 4.69) is 0 Å². The summed E-state index contributed by atoms with van der Waals surface area (Å²) in [6, 6.07) is 0. The van der Waals surface area contributed by atoms with E-state index in [1.165, 1.54) is 0 Å². The molecule has 1 rings (SSSR count). The molecular weight excluding hydrogens is 321 g/mol. The fourth-order valence-corrected chi connectivity index (χ4v) is 3.20. The highest BCUT2D eigenvalue weighted by Crippen LogP contribution is 2.55. The molecule has 1 atom stereocenters. The summed E-state index contributed by atoms with van der Waals surface area (Å²) in [5, 5.41) is 0. The molecule has 0 radical (unpaired) electrons. The van der Waals surface area contributed by atoms with Crippen LogP contribution in [-0.4, -0.2) is 26.3 Å². The molecule has 0 fully saturated rings. The van der Waals surface area contributed by atoms with Gasteiger partial charge in [0.05, 0.1) is 11.7 Å². The Morgan fingerprint density at radius 1 is 1.00 bits per heavy atom. The van der Waals surface area contributed by atoms with Crippen LogP contribution in [0.15, 0.2) is 11.8 Å². The van der Waals surface area contributed by atoms with Gasteiger partial charge in [-0.2, -0.15) is 26.3 Å². The fraction of sp³-hybridized carbons (Fsp3) is 0.833. The Morgan fingerprint density at radius 2 is 1.48 bits per heavy atom. The minimum absolute atomic E-state index is 0.0566. The number of hydrogen-bond donors (Lipinski definition) is 0. The predicted octanol–water partition coefficient (Wildman–Crippen LogP) is 5.35. The first-order valence-electron chi connectivity index (χ1n) is 6.41. The summed E-state index contributed by atoms with van der Waals surface area (Å²) < 4.78 is 96.4. The summed E-state index contributed by atoms with van der Waals surface area (Å²) >= 11 is 0. The van der Waals surface area contributed by atoms with Gasteiger partial charge in [0, 0.05) is 0 Å². The van der Waals surface area contributed by atoms with Gasteiger partial charge in [0.1, 0.15) is 0 Å². The van der Waals surface area contributed by atoms with Crippen LogP contribution in [0.1, 0.15) is 19.3 Å². The quantitative estimate of drug-likeness (QED) is 0.497. The van der Waals surface area contributed by atoms with Gasteiger partial charge in [0.2, 0.25) is 8.32 Å². The van der Waals surface area contributed by atoms with Gasteiger partial charge in [0.15, 0.2) is 0 Å². The second-order valence-corrected chi connectivity index (χ2v) is 10.4. The van der Waals surface area contributed by atoms with E-state index in [0.29, 0.717) is 0 Å². The first kappa shape index (κ1) is 18.3. The van der Waals surface area contributed by atoms with Crippen LogP contribution < -0.4 is 0 Å². The fourth-order valence-electron chi connectivity index (χ4n) is 2.27. The third kappa shape index (κ3) is 3.73. The van der Waals surface area contributed by atoms with E-state index >= 15 is 0 Å². The average molecular weight is 338 g/mol. The molecule has 0 aromatic heterocycles. The van der Waals surface area contributed by atoms with Gasteiger partial charge in [-0.15, -0.1) is 0 Å². The second kappa shape index (κ2) is 5.48. The molecule has 1 nitrogen and oxygen atoms in total. The molecule has 0 spiro atoms. The average Bonchev–Trinajstić information content (AvgIpc) is 2.23. The van der Waals surface area contributed by atoms with Crippen LogP contribution in [0.5, 0.6) is 0 Å². The van der Waals surface area contributed by atoms with E-state index in [1.807, 2.05) is 0 Å². The van der Waals surface area contributed by atoms with Gasteiger partial charge in [-0.1, -0.05) is 0 Å². The molecule has 1 aliphatic carbocycles. The normalized spacial score (nSPS) is 22.0. The lowest BCUT2D eigenvalue weighted by Crippen LogP contribution is -2.59. The largest absolute Gasteiger partial charge is 0.547 e. The maximum Gasteiger partial charge on any atom is 0.432 e. The maximum absolute atomic E-state index is 14.2. The van der Waals surface area contributed by atoms with Gasteiger partial charge >= 0.3 is 18.0 Å². The van der Waals surface area contributed by atoms with Gasteiger partial charge < -0.3 is 4.43 Å². The van der Waals surface area contributed by atoms with E-state index in [1.54, 1.807) is 19.6 Å². The lowest BCUT2D eigenvalue weighted by atomic mass is 9.79. The minimum atomic E-state index is -6.05. The molecule has 0 aromatic rings. The van der Waals surface area contributed by atoms with Crippen LogP contribution >= 0.6 is 0 Å². The lowest BCUT2D eigenvalue weighted by Gasteiger charge is -2.40. The number of alkyl halides is 7. The smallest absolute Gasteiger partial charge is 0.432 e. The zero-order chi connectivity index (χ0) is 16.7. The van der Waals surface area contributed by atoms with Crippen LogP contribution in [0.4, 0.5) is 30.7 Å². The Kier molecular flexibility index (Phi) is 4.78. The zero-order valence-electron chi connectivity index (χ0n) is 11.8. The molecule has 1 aliphatic rings. The van der Waals surface area contributed by atoms with Crippen molar-refractivity contribution in [2.75, 3.05) is 0 Å². The molecule has 0 bridgehead atoms. The summed E-state index contributed by atoms with van der Waals surface area (Å²) in [7, 11) is -2.45. The highest BCUT2D eigenvalue weighted by molar-refractivity contribution is 6.70. The molecule has 9 heteroatoms. The molecule has 0 heterocycles. The van der Waals surface area contributed by atoms with Gasteiger partial charge in [-0.25, -0.2) is 4.39 Å². The molecule has 21 heavy (non-hydrogen) atoms. The van der Waals surface area contributed by atoms with Crippen molar-refractivity contribution in [1.82, 2.24) is 0 Å². The van der Waals surface area contributed by atoms with Crippen molar-refractivity contribution in [3.8, 4) is 0 Å². The summed E-state index contributed by atoms with van der Waals surface area (Å²) in [4.78, 5) is 0. The van der Waals surface area contributed by atoms with E-state index in [0.717, 1.165) is 6.08 Å². The molecule has 124 valence electrons. The molecule has 0 aliphatic heterocycles. The van der Waals surface area contributed by atoms with E-state index in [4.69, 9.17) is 4.43 Å². The van der Waals surface area contributed by atoms with Crippen molar-refractivity contribution in [3.63, 3.8) is 0 Å². The van der Waals surface area contributed by atoms with E-state index < -0.39 is 44.4 Å². The van der Waals surface area contributed by atoms with Crippen molar-refractivity contribution >= 4 is 8.32 Å². The monoisotopic (exact) mass is 338 g/mol. The van der Waals surface area contributed by atoms with Crippen LogP contribution in [0, 0.1) is 5.92 Å². The first-order chi connectivity index (χ1) is 9.20. The van der Waals surface area contributed by atoms with Crippen molar-refractivity contribution < 1.29 is 35.2 Å².